The molecule has 1 atom stereocenters. The summed E-state index contributed by atoms with van der Waals surface area (Å²) in [6.07, 6.45) is 2.45. The van der Waals surface area contributed by atoms with Crippen molar-refractivity contribution in [1.29, 1.82) is 0 Å². The van der Waals surface area contributed by atoms with Crippen LogP contribution in [-0.4, -0.2) is 33.5 Å². The molecule has 8 heteroatoms. The summed E-state index contributed by atoms with van der Waals surface area (Å²) in [4.78, 5) is 23.0. The van der Waals surface area contributed by atoms with Crippen molar-refractivity contribution in [3.8, 4) is 0 Å². The van der Waals surface area contributed by atoms with E-state index in [1.165, 1.54) is 4.68 Å². The van der Waals surface area contributed by atoms with Gasteiger partial charge in [0.05, 0.1) is 11.9 Å². The van der Waals surface area contributed by atoms with Crippen molar-refractivity contribution in [3.63, 3.8) is 0 Å². The van der Waals surface area contributed by atoms with Crippen molar-refractivity contribution in [2.75, 3.05) is 6.54 Å². The lowest BCUT2D eigenvalue weighted by Crippen LogP contribution is -2.41. The number of urea groups is 1. The molecule has 1 unspecified atom stereocenters. The molecule has 112 valence electrons. The van der Waals surface area contributed by atoms with E-state index in [1.807, 2.05) is 0 Å². The Balaban J connectivity index is 2.33. The SMILES string of the molecule is CC(C)CCNC(=O)NC(=O)Cn1cc(C(C)N)nn1. The normalized spacial score (nSPS) is 12.2. The Labute approximate surface area is 118 Å². The molecule has 8 nitrogen and oxygen atoms in total. The van der Waals surface area contributed by atoms with Crippen molar-refractivity contribution in [2.24, 2.45) is 11.7 Å². The lowest BCUT2D eigenvalue weighted by Gasteiger charge is -2.08. The van der Waals surface area contributed by atoms with Crippen LogP contribution in [0.25, 0.3) is 0 Å². The van der Waals surface area contributed by atoms with Crippen LogP contribution < -0.4 is 16.4 Å². The minimum Gasteiger partial charge on any atom is -0.338 e. The lowest BCUT2D eigenvalue weighted by atomic mass is 10.1. The van der Waals surface area contributed by atoms with Crippen molar-refractivity contribution in [1.82, 2.24) is 25.6 Å². The topological polar surface area (TPSA) is 115 Å². The van der Waals surface area contributed by atoms with E-state index in [2.05, 4.69) is 34.8 Å². The molecule has 4 N–H and O–H groups in total. The van der Waals surface area contributed by atoms with E-state index in [0.29, 0.717) is 18.2 Å². The highest BCUT2D eigenvalue weighted by Crippen LogP contribution is 2.02. The number of nitrogens with two attached hydrogens (primary N) is 1. The van der Waals surface area contributed by atoms with Crippen molar-refractivity contribution in [2.45, 2.75) is 39.8 Å². The molecule has 0 radical (unpaired) electrons. The van der Waals surface area contributed by atoms with Crippen LogP contribution in [0.4, 0.5) is 4.79 Å². The summed E-state index contributed by atoms with van der Waals surface area (Å²) in [6, 6.07) is -0.741. The van der Waals surface area contributed by atoms with Crippen LogP contribution >= 0.6 is 0 Å². The molecular weight excluding hydrogens is 260 g/mol. The van der Waals surface area contributed by atoms with E-state index in [9.17, 15) is 9.59 Å². The molecule has 0 aliphatic heterocycles. The molecule has 3 amide bonds. The predicted octanol–water partition coefficient (Wildman–Crippen LogP) is 0.170. The van der Waals surface area contributed by atoms with Crippen molar-refractivity contribution >= 4 is 11.9 Å². The van der Waals surface area contributed by atoms with Gasteiger partial charge in [0.15, 0.2) is 0 Å². The van der Waals surface area contributed by atoms with Gasteiger partial charge in [-0.05, 0) is 19.3 Å². The van der Waals surface area contributed by atoms with Crippen LogP contribution in [0, 0.1) is 5.92 Å². The van der Waals surface area contributed by atoms with Gasteiger partial charge in [0.25, 0.3) is 0 Å². The number of hydrogen-bond acceptors (Lipinski definition) is 5. The molecule has 0 aromatic carbocycles. The first kappa shape index (κ1) is 16.1. The average molecular weight is 282 g/mol. The van der Waals surface area contributed by atoms with Gasteiger partial charge in [-0.2, -0.15) is 0 Å². The number of carbonyl (C=O) groups excluding carboxylic acids is 2. The van der Waals surface area contributed by atoms with E-state index < -0.39 is 11.9 Å². The molecule has 1 aromatic heterocycles. The molecule has 0 aliphatic rings. The minimum absolute atomic E-state index is 0.0721. The first-order valence-corrected chi connectivity index (χ1v) is 6.61. The first-order chi connectivity index (χ1) is 9.38. The molecule has 20 heavy (non-hydrogen) atoms. The van der Waals surface area contributed by atoms with Gasteiger partial charge in [-0.25, -0.2) is 9.48 Å². The van der Waals surface area contributed by atoms with Gasteiger partial charge in [0, 0.05) is 12.6 Å². The molecule has 0 saturated heterocycles. The third-order valence-corrected chi connectivity index (χ3v) is 2.59. The quantitative estimate of drug-likeness (QED) is 0.688. The number of rotatable bonds is 6. The zero-order chi connectivity index (χ0) is 15.1. The zero-order valence-electron chi connectivity index (χ0n) is 12.1. The van der Waals surface area contributed by atoms with Gasteiger partial charge in [-0.1, -0.05) is 19.1 Å². The molecule has 1 aromatic rings. The van der Waals surface area contributed by atoms with Gasteiger partial charge >= 0.3 is 6.03 Å². The highest BCUT2D eigenvalue weighted by molar-refractivity contribution is 5.94. The van der Waals surface area contributed by atoms with E-state index in [1.54, 1.807) is 13.1 Å². The Bertz CT molecular complexity index is 455. The molecule has 0 bridgehead atoms. The number of nitrogens with zero attached hydrogens (tertiary/aromatic N) is 3. The maximum atomic E-state index is 11.6. The number of carbonyl (C=O) groups is 2. The summed E-state index contributed by atoms with van der Waals surface area (Å²) >= 11 is 0. The van der Waals surface area contributed by atoms with Gasteiger partial charge < -0.3 is 11.1 Å². The van der Waals surface area contributed by atoms with Crippen LogP contribution in [-0.2, 0) is 11.3 Å². The van der Waals surface area contributed by atoms with Gasteiger partial charge in [-0.15, -0.1) is 5.10 Å². The summed E-state index contributed by atoms with van der Waals surface area (Å²) in [5.74, 6) is 0.0472. The van der Waals surface area contributed by atoms with E-state index in [0.717, 1.165) is 6.42 Å². The number of aromatic nitrogens is 3. The summed E-state index contributed by atoms with van der Waals surface area (Å²) < 4.78 is 1.34. The second-order valence-electron chi connectivity index (χ2n) is 5.12. The zero-order valence-corrected chi connectivity index (χ0v) is 12.1. The fraction of sp³-hybridized carbons (Fsp3) is 0.667. The second kappa shape index (κ2) is 7.59. The van der Waals surface area contributed by atoms with Crippen LogP contribution in [0.1, 0.15) is 38.9 Å². The maximum absolute atomic E-state index is 11.6. The third-order valence-electron chi connectivity index (χ3n) is 2.59. The number of hydrogen-bond donors (Lipinski definition) is 3. The second-order valence-corrected chi connectivity index (χ2v) is 5.12. The largest absolute Gasteiger partial charge is 0.338 e. The molecule has 1 heterocycles. The lowest BCUT2D eigenvalue weighted by molar-refractivity contribution is -0.120. The van der Waals surface area contributed by atoms with E-state index in [4.69, 9.17) is 5.73 Å². The number of amides is 3. The number of nitrogens with one attached hydrogen (secondary N) is 2. The first-order valence-electron chi connectivity index (χ1n) is 6.61. The summed E-state index contributed by atoms with van der Waals surface area (Å²) in [6.45, 7) is 6.36. The molecule has 0 saturated carbocycles. The summed E-state index contributed by atoms with van der Waals surface area (Å²) in [7, 11) is 0. The number of imide groups is 1. The van der Waals surface area contributed by atoms with Gasteiger partial charge in [0.1, 0.15) is 6.54 Å². The highest BCUT2D eigenvalue weighted by atomic mass is 16.2. The molecule has 0 aliphatic carbocycles. The smallest absolute Gasteiger partial charge is 0.321 e. The average Bonchev–Trinajstić information content (AvgIpc) is 2.76. The van der Waals surface area contributed by atoms with Crippen LogP contribution in [0.3, 0.4) is 0 Å². The van der Waals surface area contributed by atoms with Gasteiger partial charge in [-0.3, -0.25) is 10.1 Å². The van der Waals surface area contributed by atoms with Crippen molar-refractivity contribution in [3.05, 3.63) is 11.9 Å². The van der Waals surface area contributed by atoms with E-state index in [-0.39, 0.29) is 12.6 Å². The Morgan fingerprint density at radius 2 is 2.10 bits per heavy atom. The summed E-state index contributed by atoms with van der Waals surface area (Å²) in [5.41, 5.74) is 6.23. The fourth-order valence-electron chi connectivity index (χ4n) is 1.43. The Morgan fingerprint density at radius 1 is 1.40 bits per heavy atom. The molecule has 0 spiro atoms. The third kappa shape index (κ3) is 5.79. The fourth-order valence-corrected chi connectivity index (χ4v) is 1.43. The Morgan fingerprint density at radius 3 is 2.65 bits per heavy atom. The Kier molecular flexibility index (Phi) is 6.10. The molecule has 1 rings (SSSR count). The standard InChI is InChI=1S/C12H22N6O2/c1-8(2)4-5-14-12(20)15-11(19)7-18-6-10(9(3)13)16-17-18/h6,8-9H,4-5,7,13H2,1-3H3,(H2,14,15,19,20). The monoisotopic (exact) mass is 282 g/mol. The van der Waals surface area contributed by atoms with Crippen LogP contribution in [0.5, 0.6) is 0 Å². The van der Waals surface area contributed by atoms with Crippen LogP contribution in [0.2, 0.25) is 0 Å². The Hall–Kier alpha value is -1.96. The summed E-state index contributed by atoms with van der Waals surface area (Å²) in [5, 5.41) is 12.4. The maximum Gasteiger partial charge on any atom is 0.321 e. The highest BCUT2D eigenvalue weighted by Gasteiger charge is 2.11. The van der Waals surface area contributed by atoms with Gasteiger partial charge in [0.2, 0.25) is 5.91 Å². The predicted molar refractivity (Wildman–Crippen MR) is 73.6 cm³/mol. The van der Waals surface area contributed by atoms with Crippen molar-refractivity contribution < 1.29 is 9.59 Å². The van der Waals surface area contributed by atoms with Crippen LogP contribution in [0.15, 0.2) is 6.20 Å². The van der Waals surface area contributed by atoms with E-state index >= 15 is 0 Å². The minimum atomic E-state index is -0.497. The molecule has 0 fully saturated rings. The molecular formula is C12H22N6O2.